The van der Waals surface area contributed by atoms with Crippen LogP contribution in [0.1, 0.15) is 24.0 Å². The molecular formula is C14H21NO. The summed E-state index contributed by atoms with van der Waals surface area (Å²) in [6.45, 7) is 3.07. The lowest BCUT2D eigenvalue weighted by Crippen LogP contribution is -2.39. The average molecular weight is 219 g/mol. The SMILES string of the molecule is CN[C@@H](Cc1cccc(C)c1)[C@@H]1CCCO1. The quantitative estimate of drug-likeness (QED) is 0.839. The Balaban J connectivity index is 2.00. The molecule has 1 fully saturated rings. The molecule has 0 aliphatic carbocycles. The Bertz CT molecular complexity index is 331. The molecule has 2 rings (SSSR count). The number of likely N-dealkylation sites (N-methyl/N-ethyl adjacent to an activating group) is 1. The van der Waals surface area contributed by atoms with Gasteiger partial charge in [0.05, 0.1) is 6.10 Å². The van der Waals surface area contributed by atoms with Crippen LogP contribution < -0.4 is 5.32 Å². The van der Waals surface area contributed by atoms with E-state index in [1.165, 1.54) is 24.0 Å². The Kier molecular flexibility index (Phi) is 3.97. The standard InChI is InChI=1S/C14H21NO/c1-11-5-3-6-12(9-11)10-13(15-2)14-7-4-8-16-14/h3,5-6,9,13-15H,4,7-8,10H2,1-2H3/t13-,14-/m0/s1. The molecular weight excluding hydrogens is 198 g/mol. The van der Waals surface area contributed by atoms with Crippen LogP contribution in [0.3, 0.4) is 0 Å². The first-order valence-electron chi connectivity index (χ1n) is 6.14. The molecule has 1 aliphatic rings. The predicted molar refractivity (Wildman–Crippen MR) is 66.7 cm³/mol. The highest BCUT2D eigenvalue weighted by molar-refractivity contribution is 5.23. The second-order valence-corrected chi connectivity index (χ2v) is 4.64. The first-order valence-corrected chi connectivity index (χ1v) is 6.14. The fourth-order valence-electron chi connectivity index (χ4n) is 2.43. The molecule has 1 aliphatic heterocycles. The Morgan fingerprint density at radius 1 is 1.50 bits per heavy atom. The van der Waals surface area contributed by atoms with Gasteiger partial charge in [0.15, 0.2) is 0 Å². The van der Waals surface area contributed by atoms with Crippen molar-refractivity contribution in [3.05, 3.63) is 35.4 Å². The van der Waals surface area contributed by atoms with Gasteiger partial charge in [-0.15, -0.1) is 0 Å². The highest BCUT2D eigenvalue weighted by atomic mass is 16.5. The third-order valence-electron chi connectivity index (χ3n) is 3.32. The molecule has 0 unspecified atom stereocenters. The third kappa shape index (κ3) is 2.83. The molecule has 0 aromatic heterocycles. The fraction of sp³-hybridized carbons (Fsp3) is 0.571. The van der Waals surface area contributed by atoms with E-state index < -0.39 is 0 Å². The average Bonchev–Trinajstić information content (AvgIpc) is 2.79. The van der Waals surface area contributed by atoms with Crippen molar-refractivity contribution >= 4 is 0 Å². The van der Waals surface area contributed by atoms with E-state index in [0.717, 1.165) is 13.0 Å². The summed E-state index contributed by atoms with van der Waals surface area (Å²) in [6.07, 6.45) is 3.85. The maximum absolute atomic E-state index is 5.75. The van der Waals surface area contributed by atoms with Crippen molar-refractivity contribution in [2.75, 3.05) is 13.7 Å². The Hall–Kier alpha value is -0.860. The summed E-state index contributed by atoms with van der Waals surface area (Å²) in [5, 5.41) is 3.39. The Labute approximate surface area is 98.0 Å². The highest BCUT2D eigenvalue weighted by Gasteiger charge is 2.24. The van der Waals surface area contributed by atoms with Gasteiger partial charge in [0.25, 0.3) is 0 Å². The van der Waals surface area contributed by atoms with Crippen molar-refractivity contribution in [2.45, 2.75) is 38.3 Å². The normalized spacial score (nSPS) is 22.2. The Morgan fingerprint density at radius 2 is 2.38 bits per heavy atom. The fourth-order valence-corrected chi connectivity index (χ4v) is 2.43. The minimum atomic E-state index is 0.394. The van der Waals surface area contributed by atoms with Crippen molar-refractivity contribution < 1.29 is 4.74 Å². The van der Waals surface area contributed by atoms with Gasteiger partial charge >= 0.3 is 0 Å². The van der Waals surface area contributed by atoms with E-state index in [9.17, 15) is 0 Å². The summed E-state index contributed by atoms with van der Waals surface area (Å²) in [4.78, 5) is 0. The first kappa shape index (κ1) is 11.6. The minimum absolute atomic E-state index is 0.394. The van der Waals surface area contributed by atoms with E-state index >= 15 is 0 Å². The van der Waals surface area contributed by atoms with Gasteiger partial charge in [-0.2, -0.15) is 0 Å². The Morgan fingerprint density at radius 3 is 3.00 bits per heavy atom. The molecule has 1 aromatic carbocycles. The summed E-state index contributed by atoms with van der Waals surface area (Å²) in [6, 6.07) is 9.19. The third-order valence-corrected chi connectivity index (χ3v) is 3.32. The summed E-state index contributed by atoms with van der Waals surface area (Å²) in [5.41, 5.74) is 2.73. The molecule has 0 amide bonds. The molecule has 0 bridgehead atoms. The lowest BCUT2D eigenvalue weighted by Gasteiger charge is -2.22. The van der Waals surface area contributed by atoms with Gasteiger partial charge in [-0.25, -0.2) is 0 Å². The molecule has 16 heavy (non-hydrogen) atoms. The summed E-state index contributed by atoms with van der Waals surface area (Å²) in [7, 11) is 2.03. The first-order chi connectivity index (χ1) is 7.79. The zero-order chi connectivity index (χ0) is 11.4. The van der Waals surface area contributed by atoms with Crippen molar-refractivity contribution in [1.29, 1.82) is 0 Å². The van der Waals surface area contributed by atoms with E-state index in [1.54, 1.807) is 0 Å². The van der Waals surface area contributed by atoms with Crippen molar-refractivity contribution in [1.82, 2.24) is 5.32 Å². The number of rotatable bonds is 4. The molecule has 88 valence electrons. The van der Waals surface area contributed by atoms with Crippen LogP contribution in [-0.2, 0) is 11.2 Å². The molecule has 1 N–H and O–H groups in total. The molecule has 1 heterocycles. The maximum atomic E-state index is 5.75. The van der Waals surface area contributed by atoms with Gasteiger partial charge in [-0.3, -0.25) is 0 Å². The minimum Gasteiger partial charge on any atom is -0.377 e. The van der Waals surface area contributed by atoms with Crippen molar-refractivity contribution in [3.8, 4) is 0 Å². The topological polar surface area (TPSA) is 21.3 Å². The smallest absolute Gasteiger partial charge is 0.0732 e. The largest absolute Gasteiger partial charge is 0.377 e. The molecule has 2 nitrogen and oxygen atoms in total. The van der Waals surface area contributed by atoms with E-state index in [2.05, 4.69) is 36.5 Å². The van der Waals surface area contributed by atoms with Gasteiger partial charge in [-0.1, -0.05) is 29.8 Å². The van der Waals surface area contributed by atoms with Crippen molar-refractivity contribution in [3.63, 3.8) is 0 Å². The predicted octanol–water partition coefficient (Wildman–Crippen LogP) is 2.30. The van der Waals surface area contributed by atoms with Crippen LogP contribution in [0.2, 0.25) is 0 Å². The lowest BCUT2D eigenvalue weighted by molar-refractivity contribution is 0.0808. The molecule has 0 radical (unpaired) electrons. The van der Waals surface area contributed by atoms with Crippen LogP contribution in [0.5, 0.6) is 0 Å². The van der Waals surface area contributed by atoms with Crippen LogP contribution in [0.25, 0.3) is 0 Å². The van der Waals surface area contributed by atoms with E-state index in [0.29, 0.717) is 12.1 Å². The van der Waals surface area contributed by atoms with Crippen LogP contribution in [0.4, 0.5) is 0 Å². The maximum Gasteiger partial charge on any atom is 0.0732 e. The van der Waals surface area contributed by atoms with Gasteiger partial charge in [0, 0.05) is 12.6 Å². The molecule has 1 aromatic rings. The number of hydrogen-bond donors (Lipinski definition) is 1. The molecule has 0 saturated carbocycles. The zero-order valence-corrected chi connectivity index (χ0v) is 10.2. The number of nitrogens with one attached hydrogen (secondary N) is 1. The number of benzene rings is 1. The van der Waals surface area contributed by atoms with Gasteiger partial charge in [0.2, 0.25) is 0 Å². The summed E-state index contributed by atoms with van der Waals surface area (Å²) >= 11 is 0. The zero-order valence-electron chi connectivity index (χ0n) is 10.2. The second kappa shape index (κ2) is 5.46. The van der Waals surface area contributed by atoms with Gasteiger partial charge in [-0.05, 0) is 38.8 Å². The molecule has 0 spiro atoms. The van der Waals surface area contributed by atoms with Crippen LogP contribution in [-0.4, -0.2) is 25.8 Å². The summed E-state index contributed by atoms with van der Waals surface area (Å²) < 4.78 is 5.75. The molecule has 2 heteroatoms. The van der Waals surface area contributed by atoms with E-state index in [-0.39, 0.29) is 0 Å². The van der Waals surface area contributed by atoms with Crippen LogP contribution in [0, 0.1) is 6.92 Å². The monoisotopic (exact) mass is 219 g/mol. The van der Waals surface area contributed by atoms with Crippen molar-refractivity contribution in [2.24, 2.45) is 0 Å². The van der Waals surface area contributed by atoms with E-state index in [4.69, 9.17) is 4.74 Å². The van der Waals surface area contributed by atoms with E-state index in [1.807, 2.05) is 7.05 Å². The van der Waals surface area contributed by atoms with Gasteiger partial charge < -0.3 is 10.1 Å². The number of aryl methyl sites for hydroxylation is 1. The number of ether oxygens (including phenoxy) is 1. The number of hydrogen-bond acceptors (Lipinski definition) is 2. The second-order valence-electron chi connectivity index (χ2n) is 4.64. The molecule has 1 saturated heterocycles. The highest BCUT2D eigenvalue weighted by Crippen LogP contribution is 2.18. The van der Waals surface area contributed by atoms with Crippen LogP contribution in [0.15, 0.2) is 24.3 Å². The lowest BCUT2D eigenvalue weighted by atomic mass is 9.98. The summed E-state index contributed by atoms with van der Waals surface area (Å²) in [5.74, 6) is 0. The molecule has 2 atom stereocenters. The van der Waals surface area contributed by atoms with Crippen LogP contribution >= 0.6 is 0 Å². The van der Waals surface area contributed by atoms with Gasteiger partial charge in [0.1, 0.15) is 0 Å².